The van der Waals surface area contributed by atoms with Crippen molar-refractivity contribution in [3.05, 3.63) is 77.9 Å². The summed E-state index contributed by atoms with van der Waals surface area (Å²) in [6, 6.07) is 20.5. The lowest BCUT2D eigenvalue weighted by Gasteiger charge is -2.23. The lowest BCUT2D eigenvalue weighted by molar-refractivity contribution is 0.252. The molecular formula is C20H16O2. The van der Waals surface area contributed by atoms with Crippen molar-refractivity contribution in [1.82, 2.24) is 0 Å². The first-order chi connectivity index (χ1) is 10.8. The largest absolute Gasteiger partial charge is 0.497 e. The average molecular weight is 288 g/mol. The molecular weight excluding hydrogens is 272 g/mol. The van der Waals surface area contributed by atoms with Gasteiger partial charge in [0.15, 0.2) is 0 Å². The number of hydrogen-bond acceptors (Lipinski definition) is 2. The first-order valence-electron chi connectivity index (χ1n) is 7.36. The van der Waals surface area contributed by atoms with Gasteiger partial charge >= 0.3 is 0 Å². The number of methoxy groups -OCH3 is 1. The minimum Gasteiger partial charge on any atom is -0.497 e. The molecule has 1 heterocycles. The van der Waals surface area contributed by atoms with Crippen LogP contribution in [0.25, 0.3) is 16.8 Å². The van der Waals surface area contributed by atoms with Crippen molar-refractivity contribution < 1.29 is 9.47 Å². The number of benzene rings is 3. The highest BCUT2D eigenvalue weighted by Crippen LogP contribution is 2.37. The molecule has 1 aliphatic heterocycles. The van der Waals surface area contributed by atoms with Gasteiger partial charge in [-0.2, -0.15) is 0 Å². The second-order valence-electron chi connectivity index (χ2n) is 5.37. The zero-order valence-corrected chi connectivity index (χ0v) is 12.3. The molecule has 108 valence electrons. The molecule has 0 N–H and O–H groups in total. The van der Waals surface area contributed by atoms with Crippen molar-refractivity contribution >= 4 is 16.8 Å². The number of hydrogen-bond donors (Lipinski definition) is 0. The molecule has 0 aromatic heterocycles. The molecule has 0 amide bonds. The topological polar surface area (TPSA) is 18.5 Å². The lowest BCUT2D eigenvalue weighted by Crippen LogP contribution is -2.09. The molecule has 0 saturated carbocycles. The van der Waals surface area contributed by atoms with E-state index in [1.165, 1.54) is 10.8 Å². The Morgan fingerprint density at radius 3 is 2.55 bits per heavy atom. The molecule has 3 aromatic rings. The van der Waals surface area contributed by atoms with Crippen LogP contribution in [-0.4, -0.2) is 7.11 Å². The first kappa shape index (κ1) is 13.0. The lowest BCUT2D eigenvalue weighted by atomic mass is 9.99. The second kappa shape index (κ2) is 5.23. The summed E-state index contributed by atoms with van der Waals surface area (Å²) in [4.78, 5) is 0. The molecule has 1 aliphatic rings. The molecule has 4 rings (SSSR count). The average Bonchev–Trinajstić information content (AvgIpc) is 2.61. The summed E-state index contributed by atoms with van der Waals surface area (Å²) < 4.78 is 11.4. The Labute approximate surface area is 129 Å². The minimum atomic E-state index is -0.0560. The van der Waals surface area contributed by atoms with E-state index < -0.39 is 0 Å². The van der Waals surface area contributed by atoms with Crippen LogP contribution in [0.15, 0.2) is 66.7 Å². The van der Waals surface area contributed by atoms with Crippen LogP contribution in [0, 0.1) is 0 Å². The van der Waals surface area contributed by atoms with E-state index in [1.54, 1.807) is 7.11 Å². The molecule has 0 aliphatic carbocycles. The Balaban J connectivity index is 1.72. The van der Waals surface area contributed by atoms with Gasteiger partial charge in [-0.05, 0) is 40.6 Å². The third-order valence-corrected chi connectivity index (χ3v) is 4.07. The summed E-state index contributed by atoms with van der Waals surface area (Å²) in [6.45, 7) is 0. The van der Waals surface area contributed by atoms with Crippen molar-refractivity contribution in [2.45, 2.75) is 6.10 Å². The molecule has 0 saturated heterocycles. The molecule has 0 spiro atoms. The fourth-order valence-electron chi connectivity index (χ4n) is 2.88. The molecule has 2 nitrogen and oxygen atoms in total. The van der Waals surface area contributed by atoms with Crippen LogP contribution in [0.4, 0.5) is 0 Å². The normalized spacial score (nSPS) is 16.1. The van der Waals surface area contributed by atoms with E-state index in [0.717, 1.165) is 22.6 Å². The van der Waals surface area contributed by atoms with Gasteiger partial charge in [0.2, 0.25) is 0 Å². The Bertz CT molecular complexity index is 847. The highest BCUT2D eigenvalue weighted by atomic mass is 16.5. The van der Waals surface area contributed by atoms with E-state index in [-0.39, 0.29) is 6.10 Å². The van der Waals surface area contributed by atoms with Crippen LogP contribution in [0.1, 0.15) is 17.2 Å². The fourth-order valence-corrected chi connectivity index (χ4v) is 2.88. The van der Waals surface area contributed by atoms with Crippen molar-refractivity contribution in [2.75, 3.05) is 7.11 Å². The Morgan fingerprint density at radius 2 is 1.73 bits per heavy atom. The van der Waals surface area contributed by atoms with E-state index in [9.17, 15) is 0 Å². The summed E-state index contributed by atoms with van der Waals surface area (Å²) in [5.74, 6) is 1.79. The number of rotatable bonds is 2. The first-order valence-corrected chi connectivity index (χ1v) is 7.36. The quantitative estimate of drug-likeness (QED) is 0.661. The van der Waals surface area contributed by atoms with Gasteiger partial charge in [0.1, 0.15) is 17.6 Å². The van der Waals surface area contributed by atoms with Crippen molar-refractivity contribution in [3.63, 3.8) is 0 Å². The number of fused-ring (bicyclic) bond motifs is 3. The second-order valence-corrected chi connectivity index (χ2v) is 5.37. The van der Waals surface area contributed by atoms with Gasteiger partial charge in [-0.25, -0.2) is 0 Å². The summed E-state index contributed by atoms with van der Waals surface area (Å²) in [7, 11) is 1.67. The van der Waals surface area contributed by atoms with E-state index in [4.69, 9.17) is 9.47 Å². The predicted octanol–water partition coefficient (Wildman–Crippen LogP) is 5.00. The van der Waals surface area contributed by atoms with Gasteiger partial charge in [-0.1, -0.05) is 48.5 Å². The smallest absolute Gasteiger partial charge is 0.142 e. The van der Waals surface area contributed by atoms with Crippen LogP contribution in [0.5, 0.6) is 11.5 Å². The van der Waals surface area contributed by atoms with Crippen LogP contribution < -0.4 is 9.47 Å². The van der Waals surface area contributed by atoms with E-state index >= 15 is 0 Å². The van der Waals surface area contributed by atoms with E-state index in [0.29, 0.717) is 0 Å². The van der Waals surface area contributed by atoms with Crippen LogP contribution >= 0.6 is 0 Å². The fraction of sp³-hybridized carbons (Fsp3) is 0.100. The summed E-state index contributed by atoms with van der Waals surface area (Å²) in [6.07, 6.45) is 4.21. The molecule has 2 heteroatoms. The standard InChI is InChI=1S/C20H16O2/c1-21-16-9-6-15(7-10-16)19-13-11-18-17-5-3-2-4-14(17)8-12-20(18)22-19/h2-13,19H,1H3. The zero-order valence-electron chi connectivity index (χ0n) is 12.3. The summed E-state index contributed by atoms with van der Waals surface area (Å²) in [5, 5.41) is 2.46. The van der Waals surface area contributed by atoms with E-state index in [1.807, 2.05) is 24.3 Å². The molecule has 22 heavy (non-hydrogen) atoms. The van der Waals surface area contributed by atoms with Crippen molar-refractivity contribution in [2.24, 2.45) is 0 Å². The number of ether oxygens (including phenoxy) is 2. The Kier molecular flexibility index (Phi) is 3.08. The summed E-state index contributed by atoms with van der Waals surface area (Å²) in [5.41, 5.74) is 2.28. The van der Waals surface area contributed by atoms with Gasteiger partial charge in [-0.15, -0.1) is 0 Å². The maximum Gasteiger partial charge on any atom is 0.142 e. The summed E-state index contributed by atoms with van der Waals surface area (Å²) >= 11 is 0. The van der Waals surface area contributed by atoms with Gasteiger partial charge in [0.25, 0.3) is 0 Å². The zero-order chi connectivity index (χ0) is 14.9. The predicted molar refractivity (Wildman–Crippen MR) is 89.3 cm³/mol. The van der Waals surface area contributed by atoms with Crippen LogP contribution in [0.2, 0.25) is 0 Å². The Hall–Kier alpha value is -2.74. The molecule has 0 bridgehead atoms. The molecule has 3 aromatic carbocycles. The maximum atomic E-state index is 6.17. The molecule has 1 atom stereocenters. The van der Waals surface area contributed by atoms with Crippen LogP contribution in [0.3, 0.4) is 0 Å². The molecule has 0 fully saturated rings. The maximum absolute atomic E-state index is 6.17. The van der Waals surface area contributed by atoms with Crippen LogP contribution in [-0.2, 0) is 0 Å². The third kappa shape index (κ3) is 2.13. The van der Waals surface area contributed by atoms with Gasteiger partial charge in [0.05, 0.1) is 7.11 Å². The Morgan fingerprint density at radius 1 is 0.909 bits per heavy atom. The van der Waals surface area contributed by atoms with E-state index in [2.05, 4.69) is 48.6 Å². The SMILES string of the molecule is COc1ccc(C2C=Cc3c(ccc4ccccc34)O2)cc1. The van der Waals surface area contributed by atoms with Crippen molar-refractivity contribution in [1.29, 1.82) is 0 Å². The third-order valence-electron chi connectivity index (χ3n) is 4.07. The molecule has 1 unspecified atom stereocenters. The highest BCUT2D eigenvalue weighted by Gasteiger charge is 2.18. The highest BCUT2D eigenvalue weighted by molar-refractivity contribution is 5.93. The molecule has 0 radical (unpaired) electrons. The van der Waals surface area contributed by atoms with Crippen molar-refractivity contribution in [3.8, 4) is 11.5 Å². The monoisotopic (exact) mass is 288 g/mol. The van der Waals surface area contributed by atoms with Gasteiger partial charge in [-0.3, -0.25) is 0 Å². The van der Waals surface area contributed by atoms with Gasteiger partial charge in [0, 0.05) is 5.56 Å². The van der Waals surface area contributed by atoms with Gasteiger partial charge < -0.3 is 9.47 Å². The minimum absolute atomic E-state index is 0.0560.